The van der Waals surface area contributed by atoms with Gasteiger partial charge >= 0.3 is 0 Å². The fourth-order valence-corrected chi connectivity index (χ4v) is 4.15. The van der Waals surface area contributed by atoms with Gasteiger partial charge in [-0.25, -0.2) is 13.1 Å². The highest BCUT2D eigenvalue weighted by molar-refractivity contribution is 7.89. The molecule has 0 radical (unpaired) electrons. The van der Waals surface area contributed by atoms with Crippen LogP contribution in [0.3, 0.4) is 0 Å². The second-order valence-corrected chi connectivity index (χ2v) is 8.34. The largest absolute Gasteiger partial charge is 0.351 e. The maximum absolute atomic E-state index is 12.5. The summed E-state index contributed by atoms with van der Waals surface area (Å²) in [5.41, 5.74) is 1.87. The zero-order valence-electron chi connectivity index (χ0n) is 14.8. The molecule has 0 spiro atoms. The quantitative estimate of drug-likeness (QED) is 0.748. The molecule has 0 aliphatic heterocycles. The average Bonchev–Trinajstić information content (AvgIpc) is 3.45. The lowest BCUT2D eigenvalue weighted by molar-refractivity contribution is -0.122. The molecular formula is C20H24N2O3S. The number of benzene rings is 2. The first-order valence-corrected chi connectivity index (χ1v) is 10.4. The first kappa shape index (κ1) is 18.6. The van der Waals surface area contributed by atoms with Crippen LogP contribution in [-0.4, -0.2) is 20.4 Å². The van der Waals surface area contributed by atoms with Gasteiger partial charge in [0.05, 0.1) is 10.8 Å². The van der Waals surface area contributed by atoms with Gasteiger partial charge in [-0.05, 0) is 42.5 Å². The summed E-state index contributed by atoms with van der Waals surface area (Å²) in [6.07, 6.45) is 2.53. The number of sulfonamides is 1. The van der Waals surface area contributed by atoms with Crippen molar-refractivity contribution < 1.29 is 13.2 Å². The van der Waals surface area contributed by atoms with Gasteiger partial charge in [0.15, 0.2) is 0 Å². The summed E-state index contributed by atoms with van der Waals surface area (Å²) >= 11 is 0. The van der Waals surface area contributed by atoms with Crippen LogP contribution in [0.15, 0.2) is 59.5 Å². The first-order chi connectivity index (χ1) is 12.5. The van der Waals surface area contributed by atoms with Gasteiger partial charge in [-0.1, -0.05) is 49.4 Å². The van der Waals surface area contributed by atoms with E-state index in [0.29, 0.717) is 6.54 Å². The molecule has 138 valence electrons. The Kier molecular flexibility index (Phi) is 5.74. The first-order valence-electron chi connectivity index (χ1n) is 8.93. The summed E-state index contributed by atoms with van der Waals surface area (Å²) in [4.78, 5) is 12.7. The number of hydrogen-bond donors (Lipinski definition) is 2. The summed E-state index contributed by atoms with van der Waals surface area (Å²) in [6.45, 7) is 2.36. The second kappa shape index (κ2) is 8.01. The standard InChI is InChI=1S/C20H24N2O3S/c1-2-19(16-6-4-3-5-7-16)20(23)21-14-15-8-12-18(13-9-15)26(24,25)22-17-10-11-17/h3-9,12-13,17,19,22H,2,10-11,14H2,1H3,(H,21,23)/t19-/m0/s1. The zero-order valence-corrected chi connectivity index (χ0v) is 15.6. The van der Waals surface area contributed by atoms with Crippen LogP contribution >= 0.6 is 0 Å². The van der Waals surface area contributed by atoms with E-state index < -0.39 is 10.0 Å². The normalized spacial score (nSPS) is 15.4. The molecule has 0 saturated heterocycles. The molecule has 2 aromatic carbocycles. The predicted octanol–water partition coefficient (Wildman–Crippen LogP) is 2.94. The molecule has 6 heteroatoms. The fraction of sp³-hybridized carbons (Fsp3) is 0.350. The lowest BCUT2D eigenvalue weighted by Gasteiger charge is -2.15. The van der Waals surface area contributed by atoms with Crippen LogP contribution in [0.4, 0.5) is 0 Å². The third-order valence-corrected chi connectivity index (χ3v) is 6.06. The summed E-state index contributed by atoms with van der Waals surface area (Å²) in [6, 6.07) is 16.4. The van der Waals surface area contributed by atoms with E-state index in [4.69, 9.17) is 0 Å². The maximum Gasteiger partial charge on any atom is 0.240 e. The summed E-state index contributed by atoms with van der Waals surface area (Å²) in [5.74, 6) is -0.204. The third-order valence-electron chi connectivity index (χ3n) is 4.53. The van der Waals surface area contributed by atoms with Crippen molar-refractivity contribution in [1.82, 2.24) is 10.0 Å². The number of rotatable bonds is 8. The minimum Gasteiger partial charge on any atom is -0.351 e. The second-order valence-electron chi connectivity index (χ2n) is 6.63. The maximum atomic E-state index is 12.5. The lowest BCUT2D eigenvalue weighted by atomic mass is 9.95. The number of carbonyl (C=O) groups excluding carboxylic acids is 1. The van der Waals surface area contributed by atoms with E-state index in [2.05, 4.69) is 10.0 Å². The molecule has 26 heavy (non-hydrogen) atoms. The Morgan fingerprint density at radius 1 is 1.08 bits per heavy atom. The van der Waals surface area contributed by atoms with E-state index in [9.17, 15) is 13.2 Å². The molecule has 5 nitrogen and oxygen atoms in total. The van der Waals surface area contributed by atoms with Crippen molar-refractivity contribution in [2.24, 2.45) is 0 Å². The van der Waals surface area contributed by atoms with Gasteiger partial charge in [-0.3, -0.25) is 4.79 Å². The molecule has 3 rings (SSSR count). The van der Waals surface area contributed by atoms with Gasteiger partial charge in [0.2, 0.25) is 15.9 Å². The Morgan fingerprint density at radius 3 is 2.31 bits per heavy atom. The number of hydrogen-bond acceptors (Lipinski definition) is 3. The van der Waals surface area contributed by atoms with Crippen LogP contribution in [0.2, 0.25) is 0 Å². The molecule has 2 N–H and O–H groups in total. The smallest absolute Gasteiger partial charge is 0.240 e. The van der Waals surface area contributed by atoms with Crippen LogP contribution < -0.4 is 10.0 Å². The van der Waals surface area contributed by atoms with Gasteiger partial charge in [-0.15, -0.1) is 0 Å². The molecule has 1 amide bonds. The van der Waals surface area contributed by atoms with Crippen molar-refractivity contribution in [3.05, 3.63) is 65.7 Å². The van der Waals surface area contributed by atoms with E-state index >= 15 is 0 Å². The summed E-state index contributed by atoms with van der Waals surface area (Å²) in [5, 5.41) is 2.94. The topological polar surface area (TPSA) is 75.3 Å². The Hall–Kier alpha value is -2.18. The zero-order chi connectivity index (χ0) is 18.6. The van der Waals surface area contributed by atoms with Gasteiger partial charge in [0.1, 0.15) is 0 Å². The van der Waals surface area contributed by atoms with Gasteiger partial charge in [0.25, 0.3) is 0 Å². The van der Waals surface area contributed by atoms with Crippen LogP contribution in [0.25, 0.3) is 0 Å². The minimum atomic E-state index is -3.44. The third kappa shape index (κ3) is 4.71. The molecule has 2 aromatic rings. The van der Waals surface area contributed by atoms with Gasteiger partial charge in [0, 0.05) is 12.6 Å². The highest BCUT2D eigenvalue weighted by Gasteiger charge is 2.27. The van der Waals surface area contributed by atoms with Crippen molar-refractivity contribution in [2.75, 3.05) is 0 Å². The lowest BCUT2D eigenvalue weighted by Crippen LogP contribution is -2.28. The highest BCUT2D eigenvalue weighted by atomic mass is 32.2. The molecule has 1 atom stereocenters. The van der Waals surface area contributed by atoms with Crippen molar-refractivity contribution in [3.8, 4) is 0 Å². The monoisotopic (exact) mass is 372 g/mol. The molecule has 1 aliphatic rings. The number of nitrogens with one attached hydrogen (secondary N) is 2. The van der Waals surface area contributed by atoms with E-state index in [1.54, 1.807) is 24.3 Å². The van der Waals surface area contributed by atoms with E-state index in [-0.39, 0.29) is 22.8 Å². The van der Waals surface area contributed by atoms with Crippen molar-refractivity contribution in [2.45, 2.75) is 49.6 Å². The molecular weight excluding hydrogens is 348 g/mol. The molecule has 1 aliphatic carbocycles. The highest BCUT2D eigenvalue weighted by Crippen LogP contribution is 2.22. The van der Waals surface area contributed by atoms with Crippen LogP contribution in [0.1, 0.15) is 43.2 Å². The van der Waals surface area contributed by atoms with Crippen LogP contribution in [0, 0.1) is 0 Å². The Morgan fingerprint density at radius 2 is 1.73 bits per heavy atom. The minimum absolute atomic E-state index is 0.0224. The molecule has 0 heterocycles. The fourth-order valence-electron chi connectivity index (χ4n) is 2.85. The van der Waals surface area contributed by atoms with E-state index in [1.165, 1.54) is 0 Å². The summed E-state index contributed by atoms with van der Waals surface area (Å²) in [7, 11) is -3.44. The van der Waals surface area contributed by atoms with E-state index in [0.717, 1.165) is 30.4 Å². The summed E-state index contributed by atoms with van der Waals surface area (Å²) < 4.78 is 27.0. The average molecular weight is 372 g/mol. The predicted molar refractivity (Wildman–Crippen MR) is 101 cm³/mol. The van der Waals surface area contributed by atoms with Crippen molar-refractivity contribution in [3.63, 3.8) is 0 Å². The molecule has 0 unspecified atom stereocenters. The van der Waals surface area contributed by atoms with Crippen molar-refractivity contribution >= 4 is 15.9 Å². The number of carbonyl (C=O) groups is 1. The molecule has 1 saturated carbocycles. The Balaban J connectivity index is 1.59. The Labute approximate surface area is 154 Å². The molecule has 1 fully saturated rings. The van der Waals surface area contributed by atoms with E-state index in [1.807, 2.05) is 37.3 Å². The van der Waals surface area contributed by atoms with Gasteiger partial charge in [-0.2, -0.15) is 0 Å². The number of amides is 1. The Bertz CT molecular complexity index is 844. The van der Waals surface area contributed by atoms with Gasteiger partial charge < -0.3 is 5.32 Å². The molecule has 0 bridgehead atoms. The SMILES string of the molecule is CC[C@H](C(=O)NCc1ccc(S(=O)(=O)NC2CC2)cc1)c1ccccc1. The van der Waals surface area contributed by atoms with Crippen LogP contribution in [-0.2, 0) is 21.4 Å². The van der Waals surface area contributed by atoms with Crippen molar-refractivity contribution in [1.29, 1.82) is 0 Å². The molecule has 0 aromatic heterocycles. The van der Waals surface area contributed by atoms with Crippen LogP contribution in [0.5, 0.6) is 0 Å².